The maximum Gasteiger partial charge on any atom is 0.162 e. The lowest BCUT2D eigenvalue weighted by molar-refractivity contribution is 0.278. The molecule has 2 unspecified atom stereocenters. The summed E-state index contributed by atoms with van der Waals surface area (Å²) < 4.78 is 1.91. The van der Waals surface area contributed by atoms with Crippen molar-refractivity contribution in [1.82, 2.24) is 19.5 Å². The molecular formula is C19H20N4. The molecule has 0 bridgehead atoms. The standard InChI is InChI=1S/C19H20N4/c1-19-7-16(19)12-22(13-19)10-14-8-20-18-17(9-21-23(18)11-14)15-5-3-2-4-6-15/h2-6,8-9,11,16H,7,10,12-13H2,1H3. The molecule has 1 aromatic carbocycles. The lowest BCUT2D eigenvalue weighted by Gasteiger charge is -2.18. The van der Waals surface area contributed by atoms with Crippen molar-refractivity contribution in [2.75, 3.05) is 13.1 Å². The second kappa shape index (κ2) is 4.65. The Morgan fingerprint density at radius 1 is 1.22 bits per heavy atom. The molecule has 3 aromatic rings. The van der Waals surface area contributed by atoms with E-state index in [9.17, 15) is 0 Å². The molecule has 2 aliphatic rings. The number of piperidine rings is 1. The van der Waals surface area contributed by atoms with Gasteiger partial charge in [-0.25, -0.2) is 9.50 Å². The van der Waals surface area contributed by atoms with Crippen molar-refractivity contribution in [3.63, 3.8) is 0 Å². The molecule has 0 amide bonds. The fourth-order valence-corrected chi connectivity index (χ4v) is 4.06. The molecule has 3 heterocycles. The van der Waals surface area contributed by atoms with Gasteiger partial charge in [-0.15, -0.1) is 0 Å². The van der Waals surface area contributed by atoms with Gasteiger partial charge in [0.1, 0.15) is 0 Å². The Hall–Kier alpha value is -2.20. The van der Waals surface area contributed by atoms with Crippen molar-refractivity contribution >= 4 is 5.65 Å². The molecule has 4 nitrogen and oxygen atoms in total. The molecule has 5 rings (SSSR count). The van der Waals surface area contributed by atoms with E-state index in [1.807, 2.05) is 35.1 Å². The minimum absolute atomic E-state index is 0.601. The van der Waals surface area contributed by atoms with Gasteiger partial charge in [0.15, 0.2) is 5.65 Å². The van der Waals surface area contributed by atoms with Crippen LogP contribution in [0.25, 0.3) is 16.8 Å². The number of hydrogen-bond acceptors (Lipinski definition) is 3. The summed E-state index contributed by atoms with van der Waals surface area (Å²) in [5.74, 6) is 0.925. The third kappa shape index (κ3) is 2.17. The summed E-state index contributed by atoms with van der Waals surface area (Å²) in [5.41, 5.74) is 5.02. The number of rotatable bonds is 3. The molecule has 2 aromatic heterocycles. The van der Waals surface area contributed by atoms with E-state index in [0.717, 1.165) is 29.2 Å². The predicted octanol–water partition coefficient (Wildman–Crippen LogP) is 3.24. The fourth-order valence-electron chi connectivity index (χ4n) is 4.06. The highest BCUT2D eigenvalue weighted by Gasteiger charge is 2.55. The van der Waals surface area contributed by atoms with Crippen molar-refractivity contribution in [2.24, 2.45) is 11.3 Å². The molecule has 1 saturated carbocycles. The van der Waals surface area contributed by atoms with Crippen LogP contribution in [0.3, 0.4) is 0 Å². The second-order valence-electron chi connectivity index (χ2n) is 7.38. The molecule has 1 aliphatic carbocycles. The van der Waals surface area contributed by atoms with Crippen LogP contribution in [0, 0.1) is 11.3 Å². The van der Waals surface area contributed by atoms with E-state index in [1.54, 1.807) is 0 Å². The van der Waals surface area contributed by atoms with Gasteiger partial charge < -0.3 is 0 Å². The van der Waals surface area contributed by atoms with E-state index in [-0.39, 0.29) is 0 Å². The number of hydrogen-bond donors (Lipinski definition) is 0. The molecule has 0 N–H and O–H groups in total. The molecular weight excluding hydrogens is 284 g/mol. The zero-order valence-electron chi connectivity index (χ0n) is 13.3. The molecule has 1 saturated heterocycles. The van der Waals surface area contributed by atoms with Gasteiger partial charge in [-0.05, 0) is 23.3 Å². The summed E-state index contributed by atoms with van der Waals surface area (Å²) in [5, 5.41) is 4.50. The number of fused-ring (bicyclic) bond motifs is 2. The van der Waals surface area contributed by atoms with Crippen LogP contribution in [0.4, 0.5) is 0 Å². The van der Waals surface area contributed by atoms with E-state index >= 15 is 0 Å². The molecule has 1 aliphatic heterocycles. The van der Waals surface area contributed by atoms with Gasteiger partial charge in [-0.1, -0.05) is 37.3 Å². The van der Waals surface area contributed by atoms with Gasteiger partial charge in [0.05, 0.1) is 6.20 Å². The van der Waals surface area contributed by atoms with Gasteiger partial charge in [0.25, 0.3) is 0 Å². The second-order valence-corrected chi connectivity index (χ2v) is 7.38. The molecule has 2 fully saturated rings. The van der Waals surface area contributed by atoms with Crippen LogP contribution in [0.15, 0.2) is 48.9 Å². The highest BCUT2D eigenvalue weighted by Crippen LogP contribution is 2.57. The fraction of sp³-hybridized carbons (Fsp3) is 0.368. The molecule has 23 heavy (non-hydrogen) atoms. The Kier molecular flexibility index (Phi) is 2.68. The molecule has 4 heteroatoms. The Morgan fingerprint density at radius 2 is 2.09 bits per heavy atom. The highest BCUT2D eigenvalue weighted by molar-refractivity contribution is 5.76. The van der Waals surface area contributed by atoms with Crippen LogP contribution in [-0.2, 0) is 6.54 Å². The minimum Gasteiger partial charge on any atom is -0.298 e. The summed E-state index contributed by atoms with van der Waals surface area (Å²) in [6.07, 6.45) is 7.46. The first-order valence-electron chi connectivity index (χ1n) is 8.31. The Morgan fingerprint density at radius 3 is 2.87 bits per heavy atom. The number of benzene rings is 1. The van der Waals surface area contributed by atoms with Crippen molar-refractivity contribution in [3.8, 4) is 11.1 Å². The van der Waals surface area contributed by atoms with Crippen molar-refractivity contribution < 1.29 is 0 Å². The van der Waals surface area contributed by atoms with Gasteiger partial charge in [0, 0.05) is 43.2 Å². The lowest BCUT2D eigenvalue weighted by atomic mass is 10.1. The third-order valence-electron chi connectivity index (χ3n) is 5.50. The predicted molar refractivity (Wildman–Crippen MR) is 89.9 cm³/mol. The number of likely N-dealkylation sites (tertiary alicyclic amines) is 1. The first kappa shape index (κ1) is 13.3. The van der Waals surface area contributed by atoms with Crippen molar-refractivity contribution in [1.29, 1.82) is 0 Å². The first-order valence-corrected chi connectivity index (χ1v) is 8.31. The Bertz CT molecular complexity index is 869. The van der Waals surface area contributed by atoms with Crippen LogP contribution in [0.5, 0.6) is 0 Å². The quantitative estimate of drug-likeness (QED) is 0.745. The first-order chi connectivity index (χ1) is 11.2. The van der Waals surface area contributed by atoms with E-state index in [1.165, 1.54) is 25.1 Å². The van der Waals surface area contributed by atoms with E-state index < -0.39 is 0 Å². The normalized spacial score (nSPS) is 26.6. The van der Waals surface area contributed by atoms with Gasteiger partial charge in [-0.3, -0.25) is 4.90 Å². The molecule has 116 valence electrons. The van der Waals surface area contributed by atoms with Gasteiger partial charge in [-0.2, -0.15) is 5.10 Å². The average molecular weight is 304 g/mol. The largest absolute Gasteiger partial charge is 0.298 e. The van der Waals surface area contributed by atoms with E-state index in [0.29, 0.717) is 5.41 Å². The average Bonchev–Trinajstić information content (AvgIpc) is 2.91. The van der Waals surface area contributed by atoms with Crippen LogP contribution >= 0.6 is 0 Å². The molecule has 2 atom stereocenters. The van der Waals surface area contributed by atoms with E-state index in [4.69, 9.17) is 0 Å². The zero-order chi connectivity index (χ0) is 15.4. The van der Waals surface area contributed by atoms with Crippen LogP contribution in [-0.4, -0.2) is 32.6 Å². The van der Waals surface area contributed by atoms with E-state index in [2.05, 4.69) is 40.2 Å². The topological polar surface area (TPSA) is 33.4 Å². The summed E-state index contributed by atoms with van der Waals surface area (Å²) in [7, 11) is 0. The maximum absolute atomic E-state index is 4.68. The third-order valence-corrected chi connectivity index (χ3v) is 5.50. The smallest absolute Gasteiger partial charge is 0.162 e. The SMILES string of the molecule is CC12CC1CN(Cc1cnc3c(-c4ccccc4)cnn3c1)C2. The number of aromatic nitrogens is 3. The van der Waals surface area contributed by atoms with Gasteiger partial charge >= 0.3 is 0 Å². The molecule has 0 spiro atoms. The zero-order valence-corrected chi connectivity index (χ0v) is 13.3. The van der Waals surface area contributed by atoms with Crippen LogP contribution in [0.2, 0.25) is 0 Å². The van der Waals surface area contributed by atoms with Crippen LogP contribution in [0.1, 0.15) is 18.9 Å². The Labute approximate surface area is 135 Å². The summed E-state index contributed by atoms with van der Waals surface area (Å²) in [6, 6.07) is 10.3. The molecule has 0 radical (unpaired) electrons. The monoisotopic (exact) mass is 304 g/mol. The van der Waals surface area contributed by atoms with Gasteiger partial charge in [0.2, 0.25) is 0 Å². The lowest BCUT2D eigenvalue weighted by Crippen LogP contribution is -2.24. The minimum atomic E-state index is 0.601. The van der Waals surface area contributed by atoms with Crippen LogP contribution < -0.4 is 0 Å². The Balaban J connectivity index is 1.43. The summed E-state index contributed by atoms with van der Waals surface area (Å²) in [4.78, 5) is 7.24. The van der Waals surface area contributed by atoms with Crippen molar-refractivity contribution in [3.05, 3.63) is 54.5 Å². The van der Waals surface area contributed by atoms with Crippen molar-refractivity contribution in [2.45, 2.75) is 19.9 Å². The maximum atomic E-state index is 4.68. The summed E-state index contributed by atoms with van der Waals surface area (Å²) >= 11 is 0. The highest BCUT2D eigenvalue weighted by atomic mass is 15.2. The summed E-state index contributed by atoms with van der Waals surface area (Å²) in [6.45, 7) is 5.86. The number of nitrogens with zero attached hydrogens (tertiary/aromatic N) is 4.